The Morgan fingerprint density at radius 3 is 2.58 bits per heavy atom. The van der Waals surface area contributed by atoms with Crippen LogP contribution in [0.3, 0.4) is 0 Å². The number of aliphatic hydroxyl groups is 1. The molecule has 2 aliphatic carbocycles. The van der Waals surface area contributed by atoms with Crippen LogP contribution in [0.4, 0.5) is 0 Å². The first-order chi connectivity index (χ1) is 9.08. The van der Waals surface area contributed by atoms with Crippen molar-refractivity contribution in [1.82, 2.24) is 4.90 Å². The topological polar surface area (TPSA) is 47.3 Å². The number of hydrogen-bond acceptors (Lipinski definition) is 3. The fourth-order valence-corrected chi connectivity index (χ4v) is 4.01. The minimum absolute atomic E-state index is 0.151. The molecule has 3 atom stereocenters. The van der Waals surface area contributed by atoms with Gasteiger partial charge in [0.05, 0.1) is 17.6 Å². The first kappa shape index (κ1) is 14.8. The van der Waals surface area contributed by atoms with Crippen molar-refractivity contribution in [3.8, 4) is 6.07 Å². The van der Waals surface area contributed by atoms with Crippen molar-refractivity contribution in [2.24, 2.45) is 11.8 Å². The number of hydrogen-bond donors (Lipinski definition) is 1. The summed E-state index contributed by atoms with van der Waals surface area (Å²) in [4.78, 5) is 2.28. The van der Waals surface area contributed by atoms with Crippen LogP contribution in [0.2, 0.25) is 0 Å². The van der Waals surface area contributed by atoms with Gasteiger partial charge >= 0.3 is 0 Å². The molecule has 0 aromatic rings. The standard InChI is InChI=1S/C16H28N2O/c1-3-13-6-7-14(11-17)15(10-13)18(2)12-16(19)8-4-5-9-16/h13-15,19H,3-10,12H2,1-2H3. The lowest BCUT2D eigenvalue weighted by molar-refractivity contribution is -0.00860. The summed E-state index contributed by atoms with van der Waals surface area (Å²) in [5.41, 5.74) is -0.492. The second kappa shape index (κ2) is 6.24. The van der Waals surface area contributed by atoms with Gasteiger partial charge in [-0.2, -0.15) is 5.26 Å². The first-order valence-electron chi connectivity index (χ1n) is 7.90. The van der Waals surface area contributed by atoms with E-state index in [1.54, 1.807) is 0 Å². The number of nitrogens with zero attached hydrogens (tertiary/aromatic N) is 2. The van der Waals surface area contributed by atoms with E-state index in [1.165, 1.54) is 12.8 Å². The Labute approximate surface area is 117 Å². The van der Waals surface area contributed by atoms with Crippen molar-refractivity contribution in [2.45, 2.75) is 69.9 Å². The average molecular weight is 264 g/mol. The summed E-state index contributed by atoms with van der Waals surface area (Å²) >= 11 is 0. The summed E-state index contributed by atoms with van der Waals surface area (Å²) < 4.78 is 0. The molecule has 0 saturated heterocycles. The second-order valence-electron chi connectivity index (χ2n) is 6.74. The summed E-state index contributed by atoms with van der Waals surface area (Å²) in [6.45, 7) is 2.99. The first-order valence-corrected chi connectivity index (χ1v) is 7.90. The minimum Gasteiger partial charge on any atom is -0.389 e. The zero-order valence-corrected chi connectivity index (χ0v) is 12.4. The van der Waals surface area contributed by atoms with Crippen molar-refractivity contribution >= 4 is 0 Å². The van der Waals surface area contributed by atoms with Gasteiger partial charge < -0.3 is 5.11 Å². The predicted molar refractivity (Wildman–Crippen MR) is 76.6 cm³/mol. The molecule has 0 radical (unpaired) electrons. The monoisotopic (exact) mass is 264 g/mol. The SMILES string of the molecule is CCC1CCC(C#N)C(N(C)CC2(O)CCCC2)C1. The molecule has 3 heteroatoms. The van der Waals surface area contributed by atoms with E-state index in [-0.39, 0.29) is 5.92 Å². The summed E-state index contributed by atoms with van der Waals surface area (Å²) in [5.74, 6) is 0.910. The van der Waals surface area contributed by atoms with E-state index in [0.717, 1.165) is 51.0 Å². The molecule has 2 aliphatic rings. The van der Waals surface area contributed by atoms with E-state index in [0.29, 0.717) is 6.04 Å². The maximum absolute atomic E-state index is 10.5. The highest BCUT2D eigenvalue weighted by atomic mass is 16.3. The number of nitriles is 1. The van der Waals surface area contributed by atoms with Crippen LogP contribution in [0.25, 0.3) is 0 Å². The van der Waals surface area contributed by atoms with E-state index in [1.807, 2.05) is 0 Å². The molecule has 0 spiro atoms. The Kier molecular flexibility index (Phi) is 4.86. The van der Waals surface area contributed by atoms with E-state index in [2.05, 4.69) is 24.9 Å². The third-order valence-electron chi connectivity index (χ3n) is 5.31. The van der Waals surface area contributed by atoms with Crippen molar-refractivity contribution < 1.29 is 5.11 Å². The summed E-state index contributed by atoms with van der Waals surface area (Å²) in [6.07, 6.45) is 8.72. The molecule has 0 amide bonds. The molecule has 0 bridgehead atoms. The highest BCUT2D eigenvalue weighted by Crippen LogP contribution is 2.36. The molecule has 1 N–H and O–H groups in total. The molecule has 108 valence electrons. The van der Waals surface area contributed by atoms with Crippen LogP contribution in [0.5, 0.6) is 0 Å². The zero-order chi connectivity index (χ0) is 13.9. The van der Waals surface area contributed by atoms with E-state index in [4.69, 9.17) is 0 Å². The minimum atomic E-state index is -0.492. The van der Waals surface area contributed by atoms with Gasteiger partial charge in [-0.25, -0.2) is 0 Å². The van der Waals surface area contributed by atoms with Crippen LogP contribution >= 0.6 is 0 Å². The van der Waals surface area contributed by atoms with Gasteiger partial charge in [-0.05, 0) is 45.1 Å². The van der Waals surface area contributed by atoms with Crippen LogP contribution in [0.1, 0.15) is 58.3 Å². The highest BCUT2D eigenvalue weighted by molar-refractivity contribution is 4.98. The van der Waals surface area contributed by atoms with E-state index < -0.39 is 5.60 Å². The van der Waals surface area contributed by atoms with Gasteiger partial charge in [0.1, 0.15) is 0 Å². The molecule has 0 aromatic carbocycles. The van der Waals surface area contributed by atoms with Crippen molar-refractivity contribution in [2.75, 3.05) is 13.6 Å². The van der Waals surface area contributed by atoms with Gasteiger partial charge in [0.15, 0.2) is 0 Å². The Bertz CT molecular complexity index is 330. The molecule has 2 rings (SSSR count). The molecule has 2 fully saturated rings. The smallest absolute Gasteiger partial charge is 0.0774 e. The van der Waals surface area contributed by atoms with Crippen LogP contribution < -0.4 is 0 Å². The fourth-order valence-electron chi connectivity index (χ4n) is 4.01. The van der Waals surface area contributed by atoms with Crippen molar-refractivity contribution in [3.63, 3.8) is 0 Å². The van der Waals surface area contributed by atoms with E-state index >= 15 is 0 Å². The van der Waals surface area contributed by atoms with Crippen molar-refractivity contribution in [1.29, 1.82) is 5.26 Å². The molecular formula is C16H28N2O. The van der Waals surface area contributed by atoms with Crippen LogP contribution in [0.15, 0.2) is 0 Å². The molecule has 0 aliphatic heterocycles. The Morgan fingerprint density at radius 1 is 1.32 bits per heavy atom. The van der Waals surface area contributed by atoms with Crippen LogP contribution in [-0.4, -0.2) is 35.2 Å². The third-order valence-corrected chi connectivity index (χ3v) is 5.31. The molecule has 3 unspecified atom stereocenters. The maximum atomic E-state index is 10.5. The molecule has 0 aromatic heterocycles. The highest BCUT2D eigenvalue weighted by Gasteiger charge is 2.38. The Balaban J connectivity index is 1.98. The predicted octanol–water partition coefficient (Wildman–Crippen LogP) is 2.94. The molecule has 2 saturated carbocycles. The van der Waals surface area contributed by atoms with Crippen LogP contribution in [0, 0.1) is 23.2 Å². The van der Waals surface area contributed by atoms with Gasteiger partial charge in [-0.1, -0.05) is 26.2 Å². The largest absolute Gasteiger partial charge is 0.389 e. The van der Waals surface area contributed by atoms with Gasteiger partial charge in [0, 0.05) is 12.6 Å². The zero-order valence-electron chi connectivity index (χ0n) is 12.4. The third kappa shape index (κ3) is 3.49. The summed E-state index contributed by atoms with van der Waals surface area (Å²) in [6, 6.07) is 2.83. The lowest BCUT2D eigenvalue weighted by Crippen LogP contribution is -2.48. The quantitative estimate of drug-likeness (QED) is 0.849. The average Bonchev–Trinajstić information content (AvgIpc) is 2.84. The Morgan fingerprint density at radius 2 is 2.00 bits per heavy atom. The van der Waals surface area contributed by atoms with Gasteiger partial charge in [-0.15, -0.1) is 0 Å². The number of rotatable bonds is 4. The van der Waals surface area contributed by atoms with Crippen molar-refractivity contribution in [3.05, 3.63) is 0 Å². The summed E-state index contributed by atoms with van der Waals surface area (Å²) in [5, 5.41) is 19.9. The summed E-state index contributed by atoms with van der Waals surface area (Å²) in [7, 11) is 2.10. The lowest BCUT2D eigenvalue weighted by atomic mass is 9.77. The fraction of sp³-hybridized carbons (Fsp3) is 0.938. The molecule has 3 nitrogen and oxygen atoms in total. The lowest BCUT2D eigenvalue weighted by Gasteiger charge is -2.41. The number of likely N-dealkylation sites (N-methyl/N-ethyl adjacent to an activating group) is 1. The second-order valence-corrected chi connectivity index (χ2v) is 6.74. The Hall–Kier alpha value is -0.590. The molecular weight excluding hydrogens is 236 g/mol. The van der Waals surface area contributed by atoms with Crippen LogP contribution in [-0.2, 0) is 0 Å². The molecule has 19 heavy (non-hydrogen) atoms. The molecule has 0 heterocycles. The van der Waals surface area contributed by atoms with Gasteiger partial charge in [0.2, 0.25) is 0 Å². The normalized spacial score (nSPS) is 34.4. The van der Waals surface area contributed by atoms with Gasteiger partial charge in [-0.3, -0.25) is 4.90 Å². The maximum Gasteiger partial charge on any atom is 0.0774 e. The van der Waals surface area contributed by atoms with E-state index in [9.17, 15) is 10.4 Å². The van der Waals surface area contributed by atoms with Gasteiger partial charge in [0.25, 0.3) is 0 Å².